The molecule has 4 aromatic rings. The molecule has 0 amide bonds. The maximum absolute atomic E-state index is 6.04. The molecule has 0 saturated heterocycles. The van der Waals surface area contributed by atoms with E-state index in [1.54, 1.807) is 6.20 Å². The number of fused-ring (bicyclic) bond motifs is 6. The van der Waals surface area contributed by atoms with Gasteiger partial charge in [-0.05, 0) is 29.7 Å². The summed E-state index contributed by atoms with van der Waals surface area (Å²) in [6.45, 7) is 0.538. The SMILES string of the molecule is c1ccc2c3c(ccc2c1)-c1nc2cccnc2cc1CO3. The first-order valence-electron chi connectivity index (χ1n) is 7.30. The molecule has 0 saturated carbocycles. The van der Waals surface area contributed by atoms with E-state index < -0.39 is 0 Å². The van der Waals surface area contributed by atoms with Gasteiger partial charge in [-0.2, -0.15) is 0 Å². The Balaban J connectivity index is 1.86. The molecule has 1 aliphatic heterocycles. The van der Waals surface area contributed by atoms with Crippen molar-refractivity contribution in [2.45, 2.75) is 6.61 Å². The number of aromatic nitrogens is 2. The standard InChI is InChI=1S/C19H12N2O/c1-2-5-14-12(4-1)7-8-15-18-13(11-22-19(14)15)10-17-16(21-18)6-3-9-20-17/h1-10H,11H2. The molecular weight excluding hydrogens is 272 g/mol. The fourth-order valence-corrected chi connectivity index (χ4v) is 3.12. The van der Waals surface area contributed by atoms with Crippen LogP contribution in [0.5, 0.6) is 5.75 Å². The Morgan fingerprint density at radius 2 is 1.86 bits per heavy atom. The Hall–Kier alpha value is -2.94. The first-order valence-corrected chi connectivity index (χ1v) is 7.30. The quantitative estimate of drug-likeness (QED) is 0.481. The first kappa shape index (κ1) is 11.7. The summed E-state index contributed by atoms with van der Waals surface area (Å²) in [7, 11) is 0. The highest BCUT2D eigenvalue weighted by atomic mass is 16.5. The van der Waals surface area contributed by atoms with Crippen LogP contribution in [0.15, 0.2) is 60.8 Å². The Morgan fingerprint density at radius 3 is 2.86 bits per heavy atom. The van der Waals surface area contributed by atoms with Gasteiger partial charge in [0.15, 0.2) is 0 Å². The van der Waals surface area contributed by atoms with Gasteiger partial charge in [0.25, 0.3) is 0 Å². The van der Waals surface area contributed by atoms with E-state index in [2.05, 4.69) is 35.3 Å². The lowest BCUT2D eigenvalue weighted by molar-refractivity contribution is 0.305. The Morgan fingerprint density at radius 1 is 0.909 bits per heavy atom. The molecule has 3 heteroatoms. The van der Waals surface area contributed by atoms with Crippen molar-refractivity contribution in [3.05, 3.63) is 66.4 Å². The minimum absolute atomic E-state index is 0.538. The van der Waals surface area contributed by atoms with Crippen molar-refractivity contribution in [2.75, 3.05) is 0 Å². The van der Waals surface area contributed by atoms with Gasteiger partial charge in [-0.3, -0.25) is 4.98 Å². The van der Waals surface area contributed by atoms with Crippen LogP contribution >= 0.6 is 0 Å². The summed E-state index contributed by atoms with van der Waals surface area (Å²) in [5.74, 6) is 0.932. The summed E-state index contributed by atoms with van der Waals surface area (Å²) in [6, 6.07) is 18.5. The van der Waals surface area contributed by atoms with Gasteiger partial charge in [0.05, 0.1) is 16.7 Å². The zero-order valence-electron chi connectivity index (χ0n) is 11.8. The van der Waals surface area contributed by atoms with Gasteiger partial charge < -0.3 is 4.74 Å². The molecule has 3 nitrogen and oxygen atoms in total. The van der Waals surface area contributed by atoms with E-state index in [-0.39, 0.29) is 0 Å². The molecule has 3 heterocycles. The smallest absolute Gasteiger partial charge is 0.137 e. The van der Waals surface area contributed by atoms with Crippen molar-refractivity contribution in [2.24, 2.45) is 0 Å². The highest BCUT2D eigenvalue weighted by Crippen LogP contribution is 2.41. The highest BCUT2D eigenvalue weighted by molar-refractivity contribution is 5.96. The molecule has 0 N–H and O–H groups in total. The van der Waals surface area contributed by atoms with E-state index in [1.165, 1.54) is 5.39 Å². The first-order chi connectivity index (χ1) is 10.9. The fraction of sp³-hybridized carbons (Fsp3) is 0.0526. The number of nitrogens with zero attached hydrogens (tertiary/aromatic N) is 2. The van der Waals surface area contributed by atoms with Gasteiger partial charge in [-0.1, -0.05) is 30.3 Å². The van der Waals surface area contributed by atoms with Crippen LogP contribution in [0.2, 0.25) is 0 Å². The summed E-state index contributed by atoms with van der Waals surface area (Å²) in [5, 5.41) is 2.32. The molecule has 0 bridgehead atoms. The van der Waals surface area contributed by atoms with E-state index in [0.717, 1.165) is 39.0 Å². The summed E-state index contributed by atoms with van der Waals surface area (Å²) >= 11 is 0. The highest BCUT2D eigenvalue weighted by Gasteiger charge is 2.21. The van der Waals surface area contributed by atoms with Crippen molar-refractivity contribution < 1.29 is 4.74 Å². The van der Waals surface area contributed by atoms with E-state index >= 15 is 0 Å². The third-order valence-electron chi connectivity index (χ3n) is 4.17. The van der Waals surface area contributed by atoms with Crippen LogP contribution in [-0.4, -0.2) is 9.97 Å². The molecule has 0 aliphatic carbocycles. The topological polar surface area (TPSA) is 35.0 Å². The van der Waals surface area contributed by atoms with E-state index in [1.807, 2.05) is 24.3 Å². The van der Waals surface area contributed by atoms with Gasteiger partial charge in [-0.15, -0.1) is 0 Å². The van der Waals surface area contributed by atoms with Crippen LogP contribution in [-0.2, 0) is 6.61 Å². The average Bonchev–Trinajstić information content (AvgIpc) is 2.59. The van der Waals surface area contributed by atoms with Crippen LogP contribution < -0.4 is 4.74 Å². The molecule has 1 aliphatic rings. The molecular formula is C19H12N2O. The van der Waals surface area contributed by atoms with Gasteiger partial charge in [-0.25, -0.2) is 4.98 Å². The van der Waals surface area contributed by atoms with Crippen LogP contribution in [0.3, 0.4) is 0 Å². The van der Waals surface area contributed by atoms with Crippen LogP contribution in [0.1, 0.15) is 5.56 Å². The largest absolute Gasteiger partial charge is 0.487 e. The van der Waals surface area contributed by atoms with Crippen LogP contribution in [0.4, 0.5) is 0 Å². The van der Waals surface area contributed by atoms with Gasteiger partial charge in [0.2, 0.25) is 0 Å². The van der Waals surface area contributed by atoms with E-state index in [0.29, 0.717) is 6.61 Å². The predicted molar refractivity (Wildman–Crippen MR) is 86.8 cm³/mol. The average molecular weight is 284 g/mol. The van der Waals surface area contributed by atoms with Crippen molar-refractivity contribution in [3.63, 3.8) is 0 Å². The lowest BCUT2D eigenvalue weighted by atomic mass is 9.98. The van der Waals surface area contributed by atoms with E-state index in [9.17, 15) is 0 Å². The van der Waals surface area contributed by atoms with Gasteiger partial charge in [0, 0.05) is 22.7 Å². The molecule has 0 unspecified atom stereocenters. The van der Waals surface area contributed by atoms with Crippen molar-refractivity contribution >= 4 is 21.8 Å². The Kier molecular flexibility index (Phi) is 2.27. The monoisotopic (exact) mass is 284 g/mol. The number of rotatable bonds is 0. The zero-order valence-corrected chi connectivity index (χ0v) is 11.8. The number of hydrogen-bond donors (Lipinski definition) is 0. The molecule has 0 spiro atoms. The van der Waals surface area contributed by atoms with Gasteiger partial charge >= 0.3 is 0 Å². The summed E-state index contributed by atoms with van der Waals surface area (Å²) < 4.78 is 6.04. The summed E-state index contributed by atoms with van der Waals surface area (Å²) in [5.41, 5.74) is 4.99. The lowest BCUT2D eigenvalue weighted by Gasteiger charge is -2.21. The summed E-state index contributed by atoms with van der Waals surface area (Å²) in [6.07, 6.45) is 1.79. The molecule has 22 heavy (non-hydrogen) atoms. The molecule has 2 aromatic heterocycles. The predicted octanol–water partition coefficient (Wildman–Crippen LogP) is 4.34. The van der Waals surface area contributed by atoms with Crippen molar-refractivity contribution in [3.8, 4) is 17.0 Å². The van der Waals surface area contributed by atoms with Crippen molar-refractivity contribution in [1.82, 2.24) is 9.97 Å². The second-order valence-corrected chi connectivity index (χ2v) is 5.49. The second kappa shape index (κ2) is 4.28. The minimum atomic E-state index is 0.538. The number of hydrogen-bond acceptors (Lipinski definition) is 3. The van der Waals surface area contributed by atoms with E-state index in [4.69, 9.17) is 9.72 Å². The zero-order chi connectivity index (χ0) is 14.5. The number of ether oxygens (including phenoxy) is 1. The fourth-order valence-electron chi connectivity index (χ4n) is 3.12. The number of benzene rings is 2. The molecule has 5 rings (SSSR count). The summed E-state index contributed by atoms with van der Waals surface area (Å²) in [4.78, 5) is 9.20. The minimum Gasteiger partial charge on any atom is -0.487 e. The molecule has 2 aromatic carbocycles. The Labute approximate surface area is 127 Å². The maximum atomic E-state index is 6.04. The normalized spacial score (nSPS) is 12.7. The third kappa shape index (κ3) is 1.56. The Bertz CT molecular complexity index is 1030. The molecule has 0 radical (unpaired) electrons. The molecule has 0 atom stereocenters. The number of pyridine rings is 2. The lowest BCUT2D eigenvalue weighted by Crippen LogP contribution is -2.08. The molecule has 0 fully saturated rings. The molecule has 104 valence electrons. The maximum Gasteiger partial charge on any atom is 0.137 e. The van der Waals surface area contributed by atoms with Crippen LogP contribution in [0, 0.1) is 0 Å². The van der Waals surface area contributed by atoms with Gasteiger partial charge in [0.1, 0.15) is 12.4 Å². The third-order valence-corrected chi connectivity index (χ3v) is 4.17. The van der Waals surface area contributed by atoms with Crippen LogP contribution in [0.25, 0.3) is 33.1 Å². The van der Waals surface area contributed by atoms with Crippen molar-refractivity contribution in [1.29, 1.82) is 0 Å². The second-order valence-electron chi connectivity index (χ2n) is 5.49.